The van der Waals surface area contributed by atoms with Gasteiger partial charge in [-0.15, -0.1) is 11.8 Å². The molecule has 0 N–H and O–H groups in total. The third-order valence-electron chi connectivity index (χ3n) is 7.10. The van der Waals surface area contributed by atoms with Gasteiger partial charge in [-0.2, -0.15) is 5.10 Å². The number of para-hydroxylation sites is 1. The second kappa shape index (κ2) is 9.15. The Morgan fingerprint density at radius 3 is 1.62 bits per heavy atom. The lowest BCUT2D eigenvalue weighted by Gasteiger charge is -2.43. The average molecular weight is 461 g/mol. The molecule has 3 atom stereocenters. The molecule has 34 heavy (non-hydrogen) atoms. The van der Waals surface area contributed by atoms with Crippen molar-refractivity contribution in [3.05, 3.63) is 138 Å². The minimum Gasteiger partial charge on any atom is -0.264 e. The third-order valence-corrected chi connectivity index (χ3v) is 8.64. The van der Waals surface area contributed by atoms with Crippen LogP contribution in [0.15, 0.2) is 126 Å². The van der Waals surface area contributed by atoms with Crippen LogP contribution in [-0.2, 0) is 0 Å². The summed E-state index contributed by atoms with van der Waals surface area (Å²) in [7, 11) is 0. The maximum absolute atomic E-state index is 5.30. The summed E-state index contributed by atoms with van der Waals surface area (Å²) in [5.74, 6) is 0. The number of nitrogens with zero attached hydrogens (tertiary/aromatic N) is 2. The van der Waals surface area contributed by atoms with Crippen LogP contribution in [0.2, 0.25) is 0 Å². The molecular weight excluding hydrogens is 432 g/mol. The van der Waals surface area contributed by atoms with E-state index in [4.69, 9.17) is 5.10 Å². The molecule has 1 unspecified atom stereocenters. The van der Waals surface area contributed by atoms with Crippen molar-refractivity contribution in [1.29, 1.82) is 0 Å². The maximum atomic E-state index is 5.30. The van der Waals surface area contributed by atoms with Gasteiger partial charge in [0.15, 0.2) is 0 Å². The van der Waals surface area contributed by atoms with Gasteiger partial charge in [0.2, 0.25) is 0 Å². The molecule has 4 aromatic carbocycles. The summed E-state index contributed by atoms with van der Waals surface area (Å²) in [5.41, 5.74) is 6.45. The summed E-state index contributed by atoms with van der Waals surface area (Å²) in [6.45, 7) is 0.911. The van der Waals surface area contributed by atoms with Crippen molar-refractivity contribution in [3.8, 4) is 0 Å². The van der Waals surface area contributed by atoms with Gasteiger partial charge < -0.3 is 0 Å². The standard InChI is InChI=1S/C31H28N2S/c1-5-13-24(14-6-1)28-21-31(22-29(34-28)25-15-7-2-8-16-25)23-33(27-19-11-4-12-20-27)32-30(31)26-17-9-3-10-18-26/h1-20,28-29H,21-23H2/t28-,29+,31?. The topological polar surface area (TPSA) is 15.6 Å². The second-order valence-corrected chi connectivity index (χ2v) is 10.7. The van der Waals surface area contributed by atoms with Crippen LogP contribution >= 0.6 is 11.8 Å². The molecule has 4 aromatic rings. The van der Waals surface area contributed by atoms with Crippen LogP contribution < -0.4 is 5.01 Å². The van der Waals surface area contributed by atoms with Crippen LogP contribution in [0, 0.1) is 5.41 Å². The first-order chi connectivity index (χ1) is 16.8. The summed E-state index contributed by atoms with van der Waals surface area (Å²) >= 11 is 2.12. The molecule has 2 aliphatic rings. The van der Waals surface area contributed by atoms with Crippen LogP contribution in [-0.4, -0.2) is 12.3 Å². The largest absolute Gasteiger partial charge is 0.264 e. The van der Waals surface area contributed by atoms with Gasteiger partial charge in [-0.25, -0.2) is 0 Å². The van der Waals surface area contributed by atoms with E-state index in [2.05, 4.69) is 138 Å². The molecule has 0 bridgehead atoms. The van der Waals surface area contributed by atoms with Crippen molar-refractivity contribution in [2.24, 2.45) is 10.5 Å². The number of thioether (sulfide) groups is 1. The van der Waals surface area contributed by atoms with Gasteiger partial charge in [0.1, 0.15) is 0 Å². The Morgan fingerprint density at radius 2 is 1.09 bits per heavy atom. The number of anilines is 1. The van der Waals surface area contributed by atoms with Gasteiger partial charge in [-0.05, 0) is 41.7 Å². The Labute approximate surface area is 206 Å². The van der Waals surface area contributed by atoms with Crippen molar-refractivity contribution < 1.29 is 0 Å². The zero-order valence-corrected chi connectivity index (χ0v) is 19.9. The first-order valence-electron chi connectivity index (χ1n) is 12.0. The first kappa shape index (κ1) is 21.2. The minimum atomic E-state index is -0.0243. The van der Waals surface area contributed by atoms with Crippen molar-refractivity contribution in [3.63, 3.8) is 0 Å². The lowest BCUT2D eigenvalue weighted by atomic mass is 9.71. The van der Waals surface area contributed by atoms with Gasteiger partial charge >= 0.3 is 0 Å². The van der Waals surface area contributed by atoms with Crippen molar-refractivity contribution in [2.75, 3.05) is 11.6 Å². The summed E-state index contributed by atoms with van der Waals surface area (Å²) < 4.78 is 0. The Kier molecular flexibility index (Phi) is 5.72. The summed E-state index contributed by atoms with van der Waals surface area (Å²) in [5, 5.41) is 8.38. The highest BCUT2D eigenvalue weighted by molar-refractivity contribution is 7.99. The Morgan fingerprint density at radius 1 is 0.618 bits per heavy atom. The molecule has 168 valence electrons. The van der Waals surface area contributed by atoms with E-state index >= 15 is 0 Å². The van der Waals surface area contributed by atoms with Crippen molar-refractivity contribution >= 4 is 23.2 Å². The molecule has 6 rings (SSSR count). The molecule has 2 heterocycles. The molecule has 2 nitrogen and oxygen atoms in total. The van der Waals surface area contributed by atoms with Crippen LogP contribution in [0.25, 0.3) is 0 Å². The quantitative estimate of drug-likeness (QED) is 0.307. The van der Waals surface area contributed by atoms with E-state index in [1.807, 2.05) is 0 Å². The number of benzene rings is 4. The summed E-state index contributed by atoms with van der Waals surface area (Å²) in [6, 6.07) is 43.6. The van der Waals surface area contributed by atoms with E-state index in [0.29, 0.717) is 10.5 Å². The fourth-order valence-corrected chi connectivity index (χ4v) is 7.33. The zero-order valence-electron chi connectivity index (χ0n) is 19.1. The monoisotopic (exact) mass is 460 g/mol. The van der Waals surface area contributed by atoms with Crippen molar-refractivity contribution in [2.45, 2.75) is 23.3 Å². The van der Waals surface area contributed by atoms with Gasteiger partial charge in [0, 0.05) is 15.9 Å². The first-order valence-corrected chi connectivity index (χ1v) is 13.0. The van der Waals surface area contributed by atoms with E-state index in [0.717, 1.165) is 19.4 Å². The third kappa shape index (κ3) is 4.05. The minimum absolute atomic E-state index is 0.0243. The van der Waals surface area contributed by atoms with Crippen LogP contribution in [0.5, 0.6) is 0 Å². The molecule has 2 aliphatic heterocycles. The van der Waals surface area contributed by atoms with Crippen LogP contribution in [0.4, 0.5) is 5.69 Å². The zero-order chi connectivity index (χ0) is 22.8. The van der Waals surface area contributed by atoms with E-state index in [1.54, 1.807) is 0 Å². The summed E-state index contributed by atoms with van der Waals surface area (Å²) in [6.07, 6.45) is 2.17. The molecule has 0 radical (unpaired) electrons. The van der Waals surface area contributed by atoms with Crippen LogP contribution in [0.3, 0.4) is 0 Å². The van der Waals surface area contributed by atoms with E-state index < -0.39 is 0 Å². The molecule has 0 aliphatic carbocycles. The highest BCUT2D eigenvalue weighted by atomic mass is 32.2. The molecule has 3 heteroatoms. The molecule has 0 amide bonds. The number of hydrogen-bond donors (Lipinski definition) is 0. The lowest BCUT2D eigenvalue weighted by molar-refractivity contribution is 0.357. The SMILES string of the molecule is c1ccc(C2=NN(c3ccccc3)CC23C[C@@H](c2ccccc2)S[C@@H](c2ccccc2)C3)cc1. The number of hydrogen-bond acceptors (Lipinski definition) is 3. The van der Waals surface area contributed by atoms with Crippen LogP contribution in [0.1, 0.15) is 40.0 Å². The highest BCUT2D eigenvalue weighted by Crippen LogP contribution is 2.59. The number of rotatable bonds is 4. The highest BCUT2D eigenvalue weighted by Gasteiger charge is 2.50. The van der Waals surface area contributed by atoms with Gasteiger partial charge in [-0.3, -0.25) is 5.01 Å². The van der Waals surface area contributed by atoms with E-state index in [9.17, 15) is 0 Å². The molecular formula is C31H28N2S. The fourth-order valence-electron chi connectivity index (χ4n) is 5.47. The van der Waals surface area contributed by atoms with Gasteiger partial charge in [0.05, 0.1) is 17.9 Å². The predicted octanol–water partition coefficient (Wildman–Crippen LogP) is 7.91. The second-order valence-electron chi connectivity index (χ2n) is 9.33. The lowest BCUT2D eigenvalue weighted by Crippen LogP contribution is -2.39. The number of hydrazone groups is 1. The van der Waals surface area contributed by atoms with E-state index in [-0.39, 0.29) is 5.41 Å². The van der Waals surface area contributed by atoms with Gasteiger partial charge in [-0.1, -0.05) is 109 Å². The molecule has 1 fully saturated rings. The Balaban J connectivity index is 1.46. The predicted molar refractivity (Wildman–Crippen MR) is 144 cm³/mol. The van der Waals surface area contributed by atoms with E-state index in [1.165, 1.54) is 28.1 Å². The van der Waals surface area contributed by atoms with Gasteiger partial charge in [0.25, 0.3) is 0 Å². The summed E-state index contributed by atoms with van der Waals surface area (Å²) in [4.78, 5) is 0. The molecule has 1 saturated heterocycles. The molecule has 1 spiro atoms. The maximum Gasteiger partial charge on any atom is 0.0763 e. The molecule has 0 saturated carbocycles. The Hall–Kier alpha value is -3.30. The average Bonchev–Trinajstić information content (AvgIpc) is 3.28. The van der Waals surface area contributed by atoms with Crippen molar-refractivity contribution in [1.82, 2.24) is 0 Å². The molecule has 0 aromatic heterocycles. The smallest absolute Gasteiger partial charge is 0.0763 e. The Bertz CT molecular complexity index is 1210. The normalized spacial score (nSPS) is 24.2. The fraction of sp³-hybridized carbons (Fsp3) is 0.194.